The summed E-state index contributed by atoms with van der Waals surface area (Å²) in [5, 5.41) is 15.0. The van der Waals surface area contributed by atoms with E-state index >= 15 is 0 Å². The molecule has 18 heavy (non-hydrogen) atoms. The van der Waals surface area contributed by atoms with E-state index in [-0.39, 0.29) is 18.8 Å². The smallest absolute Gasteiger partial charge is 0.315 e. The number of aliphatic hydroxyl groups is 1. The fourth-order valence-electron chi connectivity index (χ4n) is 2.29. The summed E-state index contributed by atoms with van der Waals surface area (Å²) in [4.78, 5) is 11.6. The number of amides is 2. The molecule has 1 fully saturated rings. The molecule has 0 aromatic heterocycles. The van der Waals surface area contributed by atoms with E-state index in [2.05, 4.69) is 10.6 Å². The van der Waals surface area contributed by atoms with Crippen LogP contribution in [0.4, 0.5) is 13.6 Å². The van der Waals surface area contributed by atoms with Crippen LogP contribution in [0, 0.1) is 5.92 Å². The summed E-state index contributed by atoms with van der Waals surface area (Å²) >= 11 is 0. The second-order valence-electron chi connectivity index (χ2n) is 5.95. The minimum atomic E-state index is -2.65. The minimum Gasteiger partial charge on any atom is -0.388 e. The van der Waals surface area contributed by atoms with Crippen molar-refractivity contribution in [3.8, 4) is 0 Å². The molecule has 0 radical (unpaired) electrons. The number of halogens is 2. The first-order valence-corrected chi connectivity index (χ1v) is 6.18. The van der Waals surface area contributed by atoms with Gasteiger partial charge in [0, 0.05) is 18.9 Å². The normalized spacial score (nSPS) is 21.3. The van der Waals surface area contributed by atoms with Gasteiger partial charge in [0.15, 0.2) is 0 Å². The van der Waals surface area contributed by atoms with E-state index in [4.69, 9.17) is 0 Å². The highest BCUT2D eigenvalue weighted by Crippen LogP contribution is 2.37. The lowest BCUT2D eigenvalue weighted by atomic mass is 9.88. The largest absolute Gasteiger partial charge is 0.388 e. The molecule has 0 heterocycles. The second-order valence-corrected chi connectivity index (χ2v) is 5.95. The summed E-state index contributed by atoms with van der Waals surface area (Å²) in [5.41, 5.74) is -1.06. The van der Waals surface area contributed by atoms with Gasteiger partial charge in [-0.05, 0) is 19.8 Å². The van der Waals surface area contributed by atoms with E-state index < -0.39 is 29.6 Å². The number of hydrogen-bond acceptors (Lipinski definition) is 2. The number of hydrogen-bond donors (Lipinski definition) is 3. The van der Waals surface area contributed by atoms with Crippen molar-refractivity contribution in [2.75, 3.05) is 0 Å². The predicted molar refractivity (Wildman–Crippen MR) is 64.6 cm³/mol. The van der Waals surface area contributed by atoms with Gasteiger partial charge in [0.25, 0.3) is 5.92 Å². The van der Waals surface area contributed by atoms with Crippen LogP contribution < -0.4 is 10.6 Å². The van der Waals surface area contributed by atoms with Gasteiger partial charge >= 0.3 is 6.03 Å². The number of rotatable bonds is 4. The average molecular weight is 264 g/mol. The van der Waals surface area contributed by atoms with Crippen molar-refractivity contribution >= 4 is 6.03 Å². The van der Waals surface area contributed by atoms with Crippen molar-refractivity contribution in [1.29, 1.82) is 0 Å². The molecular formula is C12H22F2N2O2. The number of carbonyl (C=O) groups excluding carboxylic acids is 1. The lowest BCUT2D eigenvalue weighted by Gasteiger charge is -2.37. The highest BCUT2D eigenvalue weighted by molar-refractivity contribution is 5.75. The number of urea groups is 1. The summed E-state index contributed by atoms with van der Waals surface area (Å²) in [6.45, 7) is 6.96. The lowest BCUT2D eigenvalue weighted by Crippen LogP contribution is -2.59. The molecule has 0 aliphatic heterocycles. The standard InChI is InChI=1S/C12H22F2N2O2/c1-7(2)9(11(3,4)18)16-10(17)15-8-5-12(13,14)6-8/h7-9,18H,5-6H2,1-4H3,(H2,15,16,17)/t9-/m0/s1. The first-order valence-electron chi connectivity index (χ1n) is 6.18. The third-order valence-electron chi connectivity index (χ3n) is 3.14. The Labute approximate surface area is 106 Å². The third-order valence-corrected chi connectivity index (χ3v) is 3.14. The molecule has 2 amide bonds. The van der Waals surface area contributed by atoms with Gasteiger partial charge in [-0.1, -0.05) is 13.8 Å². The Morgan fingerprint density at radius 2 is 1.89 bits per heavy atom. The molecule has 106 valence electrons. The Morgan fingerprint density at radius 1 is 1.39 bits per heavy atom. The molecule has 0 aromatic rings. The SMILES string of the molecule is CC(C)[C@H](NC(=O)NC1CC(F)(F)C1)C(C)(C)O. The fraction of sp³-hybridized carbons (Fsp3) is 0.917. The molecule has 0 aromatic carbocycles. The third kappa shape index (κ3) is 4.08. The van der Waals surface area contributed by atoms with E-state index in [0.717, 1.165) is 0 Å². The van der Waals surface area contributed by atoms with Crippen molar-refractivity contribution in [2.24, 2.45) is 5.92 Å². The van der Waals surface area contributed by atoms with Crippen molar-refractivity contribution in [1.82, 2.24) is 10.6 Å². The zero-order chi connectivity index (χ0) is 14.1. The molecule has 3 N–H and O–H groups in total. The van der Waals surface area contributed by atoms with Crippen molar-refractivity contribution in [3.63, 3.8) is 0 Å². The molecule has 4 nitrogen and oxygen atoms in total. The highest BCUT2D eigenvalue weighted by atomic mass is 19.3. The number of carbonyl (C=O) groups is 1. The number of nitrogens with one attached hydrogen (secondary N) is 2. The van der Waals surface area contributed by atoms with E-state index in [1.807, 2.05) is 13.8 Å². The first-order chi connectivity index (χ1) is 8.01. The lowest BCUT2D eigenvalue weighted by molar-refractivity contribution is -0.0899. The molecule has 1 aliphatic carbocycles. The molecule has 1 aliphatic rings. The van der Waals surface area contributed by atoms with Gasteiger partial charge in [0.2, 0.25) is 0 Å². The van der Waals surface area contributed by atoms with Crippen LogP contribution in [-0.2, 0) is 0 Å². The second kappa shape index (κ2) is 4.99. The Kier molecular flexibility index (Phi) is 4.20. The van der Waals surface area contributed by atoms with Crippen molar-refractivity contribution < 1.29 is 18.7 Å². The summed E-state index contributed by atoms with van der Waals surface area (Å²) in [5.74, 6) is -2.61. The predicted octanol–water partition coefficient (Wildman–Crippen LogP) is 1.88. The van der Waals surface area contributed by atoms with E-state index in [1.54, 1.807) is 13.8 Å². The van der Waals surface area contributed by atoms with Crippen molar-refractivity contribution in [3.05, 3.63) is 0 Å². The Morgan fingerprint density at radius 3 is 2.22 bits per heavy atom. The molecular weight excluding hydrogens is 242 g/mol. The van der Waals surface area contributed by atoms with E-state index in [9.17, 15) is 18.7 Å². The van der Waals surface area contributed by atoms with Gasteiger partial charge in [0.1, 0.15) is 0 Å². The fourth-order valence-corrected chi connectivity index (χ4v) is 2.29. The molecule has 0 saturated heterocycles. The van der Waals surface area contributed by atoms with Crippen LogP contribution in [-0.4, -0.2) is 34.7 Å². The van der Waals surface area contributed by atoms with Gasteiger partial charge in [-0.15, -0.1) is 0 Å². The molecule has 0 unspecified atom stereocenters. The van der Waals surface area contributed by atoms with Crippen LogP contribution in [0.1, 0.15) is 40.5 Å². The van der Waals surface area contributed by atoms with Crippen LogP contribution >= 0.6 is 0 Å². The summed E-state index contributed by atoms with van der Waals surface area (Å²) in [6, 6.07) is -1.41. The van der Waals surface area contributed by atoms with Gasteiger partial charge < -0.3 is 15.7 Å². The van der Waals surface area contributed by atoms with Gasteiger partial charge in [-0.3, -0.25) is 0 Å². The van der Waals surface area contributed by atoms with Gasteiger partial charge in [-0.25, -0.2) is 13.6 Å². The summed E-state index contributed by atoms with van der Waals surface area (Å²) in [6.07, 6.45) is -0.620. The maximum atomic E-state index is 12.6. The van der Waals surface area contributed by atoms with Gasteiger partial charge in [-0.2, -0.15) is 0 Å². The Hall–Kier alpha value is -0.910. The molecule has 6 heteroatoms. The average Bonchev–Trinajstić information content (AvgIpc) is 2.08. The summed E-state index contributed by atoms with van der Waals surface area (Å²) < 4.78 is 25.2. The molecule has 1 saturated carbocycles. The molecule has 0 spiro atoms. The zero-order valence-electron chi connectivity index (χ0n) is 11.3. The first kappa shape index (κ1) is 15.1. The zero-order valence-corrected chi connectivity index (χ0v) is 11.3. The summed E-state index contributed by atoms with van der Waals surface area (Å²) in [7, 11) is 0. The van der Waals surface area contributed by atoms with Gasteiger partial charge in [0.05, 0.1) is 11.6 Å². The highest BCUT2D eigenvalue weighted by Gasteiger charge is 2.46. The van der Waals surface area contributed by atoms with E-state index in [0.29, 0.717) is 0 Å². The van der Waals surface area contributed by atoms with Crippen LogP contribution in [0.2, 0.25) is 0 Å². The molecule has 0 bridgehead atoms. The quantitative estimate of drug-likeness (QED) is 0.726. The van der Waals surface area contributed by atoms with Crippen LogP contribution in [0.3, 0.4) is 0 Å². The monoisotopic (exact) mass is 264 g/mol. The van der Waals surface area contributed by atoms with E-state index in [1.165, 1.54) is 0 Å². The topological polar surface area (TPSA) is 61.4 Å². The Bertz CT molecular complexity index is 306. The molecule has 1 rings (SSSR count). The maximum Gasteiger partial charge on any atom is 0.315 e. The maximum absolute atomic E-state index is 12.6. The van der Waals surface area contributed by atoms with Crippen LogP contribution in [0.5, 0.6) is 0 Å². The van der Waals surface area contributed by atoms with Crippen LogP contribution in [0.15, 0.2) is 0 Å². The Balaban J connectivity index is 2.43. The number of alkyl halides is 2. The molecule has 1 atom stereocenters. The minimum absolute atomic E-state index is 0.0404. The van der Waals surface area contributed by atoms with Crippen molar-refractivity contribution in [2.45, 2.75) is 64.1 Å². The van der Waals surface area contributed by atoms with Crippen LogP contribution in [0.25, 0.3) is 0 Å².